The fourth-order valence-corrected chi connectivity index (χ4v) is 4.71. The molecule has 5 nitrogen and oxygen atoms in total. The van der Waals surface area contributed by atoms with Crippen LogP contribution in [0.1, 0.15) is 47.4 Å². The summed E-state index contributed by atoms with van der Waals surface area (Å²) in [7, 11) is 1.51. The number of ether oxygens (including phenoxy) is 1. The third kappa shape index (κ3) is 5.06. The summed E-state index contributed by atoms with van der Waals surface area (Å²) in [6.07, 6.45) is 2.71. The molecule has 156 valence electrons. The molecule has 0 fully saturated rings. The Morgan fingerprint density at radius 1 is 1.24 bits per heavy atom. The van der Waals surface area contributed by atoms with Gasteiger partial charge in [0.2, 0.25) is 11.8 Å². The molecule has 0 radical (unpaired) electrons. The van der Waals surface area contributed by atoms with Crippen molar-refractivity contribution in [2.24, 2.45) is 0 Å². The van der Waals surface area contributed by atoms with Crippen LogP contribution in [0.25, 0.3) is 0 Å². The molecule has 1 aromatic carbocycles. The number of carbonyl (C=O) groups excluding carboxylic acids is 2. The number of carbonyl (C=O) groups is 2. The Hall–Kier alpha value is -2.18. The number of fused-ring (bicyclic) bond motifs is 1. The van der Waals surface area contributed by atoms with Gasteiger partial charge in [0.1, 0.15) is 6.61 Å². The van der Waals surface area contributed by atoms with Crippen molar-refractivity contribution >= 4 is 23.2 Å². The highest BCUT2D eigenvalue weighted by Gasteiger charge is 2.33. The number of hydrogen-bond donors (Lipinski definition) is 0. The normalized spacial score (nSPS) is 15.8. The third-order valence-corrected chi connectivity index (χ3v) is 6.40. The van der Waals surface area contributed by atoms with Crippen molar-refractivity contribution in [1.29, 1.82) is 0 Å². The lowest BCUT2D eigenvalue weighted by Gasteiger charge is -2.37. The molecule has 0 bridgehead atoms. The maximum Gasteiger partial charge on any atom is 0.249 e. The number of unbranched alkanes of at least 4 members (excludes halogenated alkanes) is 1. The number of aryl methyl sites for hydroxylation is 1. The zero-order valence-corrected chi connectivity index (χ0v) is 18.3. The highest BCUT2D eigenvalue weighted by atomic mass is 32.1. The van der Waals surface area contributed by atoms with Gasteiger partial charge >= 0.3 is 0 Å². The summed E-state index contributed by atoms with van der Waals surface area (Å²) in [6.45, 7) is 5.51. The Morgan fingerprint density at radius 3 is 2.69 bits per heavy atom. The van der Waals surface area contributed by atoms with Gasteiger partial charge in [0, 0.05) is 25.1 Å². The Labute approximate surface area is 177 Å². The average Bonchev–Trinajstić information content (AvgIpc) is 3.20. The predicted octanol–water partition coefficient (Wildman–Crippen LogP) is 3.81. The molecule has 3 rings (SSSR count). The Balaban J connectivity index is 1.85. The van der Waals surface area contributed by atoms with E-state index in [4.69, 9.17) is 4.74 Å². The topological polar surface area (TPSA) is 49.9 Å². The van der Waals surface area contributed by atoms with Crippen molar-refractivity contribution in [1.82, 2.24) is 9.80 Å². The van der Waals surface area contributed by atoms with E-state index in [1.165, 1.54) is 23.1 Å². The molecule has 2 aromatic rings. The molecule has 1 aliphatic rings. The van der Waals surface area contributed by atoms with Crippen LogP contribution in [0, 0.1) is 6.92 Å². The van der Waals surface area contributed by atoms with Crippen LogP contribution in [0.2, 0.25) is 0 Å². The largest absolute Gasteiger partial charge is 0.375 e. The maximum atomic E-state index is 13.4. The van der Waals surface area contributed by atoms with Gasteiger partial charge in [-0.15, -0.1) is 11.3 Å². The van der Waals surface area contributed by atoms with E-state index in [1.807, 2.05) is 4.90 Å². The first-order chi connectivity index (χ1) is 14.0. The van der Waals surface area contributed by atoms with Crippen LogP contribution in [-0.4, -0.2) is 55.0 Å². The zero-order valence-electron chi connectivity index (χ0n) is 17.5. The maximum absolute atomic E-state index is 13.4. The van der Waals surface area contributed by atoms with E-state index in [1.54, 1.807) is 16.2 Å². The monoisotopic (exact) mass is 414 g/mol. The van der Waals surface area contributed by atoms with Crippen LogP contribution in [0.15, 0.2) is 35.7 Å². The van der Waals surface area contributed by atoms with Crippen LogP contribution in [0.5, 0.6) is 0 Å². The fourth-order valence-electron chi connectivity index (χ4n) is 3.80. The lowest BCUT2D eigenvalue weighted by molar-refractivity contribution is -0.143. The van der Waals surface area contributed by atoms with Gasteiger partial charge < -0.3 is 14.5 Å². The first kappa shape index (κ1) is 21.5. The van der Waals surface area contributed by atoms with Crippen molar-refractivity contribution in [3.8, 4) is 0 Å². The van der Waals surface area contributed by atoms with E-state index in [2.05, 4.69) is 49.6 Å². The minimum atomic E-state index is -0.130. The molecule has 0 saturated carbocycles. The van der Waals surface area contributed by atoms with Crippen LogP contribution in [-0.2, 0) is 20.7 Å². The summed E-state index contributed by atoms with van der Waals surface area (Å²) in [4.78, 5) is 30.7. The van der Waals surface area contributed by atoms with E-state index in [-0.39, 0.29) is 31.0 Å². The number of benzene rings is 1. The van der Waals surface area contributed by atoms with Crippen LogP contribution >= 0.6 is 11.3 Å². The first-order valence-electron chi connectivity index (χ1n) is 10.2. The van der Waals surface area contributed by atoms with Crippen LogP contribution in [0.4, 0.5) is 0 Å². The SMILES string of the molecule is CCCCN(CC(=O)N1CCc2sccc2C1c1ccc(C)cc1)C(=O)COC. The molecule has 2 amide bonds. The molecule has 1 aliphatic heterocycles. The predicted molar refractivity (Wildman–Crippen MR) is 116 cm³/mol. The standard InChI is InChI=1S/C23H30N2O3S/c1-4-5-12-24(22(27)16-28-3)15-21(26)25-13-10-20-19(11-14-29-20)23(25)18-8-6-17(2)7-9-18/h6-9,11,14,23H,4-5,10,12-13,15-16H2,1-3H3. The van der Waals surface area contributed by atoms with E-state index in [0.29, 0.717) is 13.1 Å². The fraction of sp³-hybridized carbons (Fsp3) is 0.478. The second kappa shape index (κ2) is 10.0. The molecule has 1 unspecified atom stereocenters. The number of hydrogen-bond acceptors (Lipinski definition) is 4. The molecule has 6 heteroatoms. The van der Waals surface area contributed by atoms with E-state index in [0.717, 1.165) is 24.8 Å². The molecular weight excluding hydrogens is 384 g/mol. The molecule has 1 atom stereocenters. The van der Waals surface area contributed by atoms with Gasteiger partial charge in [-0.3, -0.25) is 9.59 Å². The minimum absolute atomic E-state index is 0.00650. The molecule has 1 aromatic heterocycles. The van der Waals surface area contributed by atoms with E-state index < -0.39 is 0 Å². The summed E-state index contributed by atoms with van der Waals surface area (Å²) >= 11 is 1.76. The summed E-state index contributed by atoms with van der Waals surface area (Å²) < 4.78 is 5.01. The average molecular weight is 415 g/mol. The van der Waals surface area contributed by atoms with Crippen molar-refractivity contribution in [2.45, 2.75) is 39.2 Å². The molecule has 0 N–H and O–H groups in total. The van der Waals surface area contributed by atoms with Crippen LogP contribution < -0.4 is 0 Å². The van der Waals surface area contributed by atoms with E-state index in [9.17, 15) is 9.59 Å². The van der Waals surface area contributed by atoms with Crippen molar-refractivity contribution in [2.75, 3.05) is 33.4 Å². The number of nitrogens with zero attached hydrogens (tertiary/aromatic N) is 2. The van der Waals surface area contributed by atoms with Crippen molar-refractivity contribution < 1.29 is 14.3 Å². The first-order valence-corrected chi connectivity index (χ1v) is 11.1. The van der Waals surface area contributed by atoms with Gasteiger partial charge in [0.15, 0.2) is 0 Å². The smallest absolute Gasteiger partial charge is 0.249 e. The molecule has 2 heterocycles. The van der Waals surface area contributed by atoms with Gasteiger partial charge in [-0.05, 0) is 42.3 Å². The second-order valence-electron chi connectivity index (χ2n) is 7.55. The highest BCUT2D eigenvalue weighted by molar-refractivity contribution is 7.10. The lowest BCUT2D eigenvalue weighted by Crippen LogP contribution is -2.47. The van der Waals surface area contributed by atoms with Gasteiger partial charge in [-0.2, -0.15) is 0 Å². The lowest BCUT2D eigenvalue weighted by atomic mass is 9.92. The number of thiophene rings is 1. The summed E-state index contributed by atoms with van der Waals surface area (Å²) in [6, 6.07) is 10.4. The number of rotatable bonds is 8. The third-order valence-electron chi connectivity index (χ3n) is 5.41. The Kier molecular flexibility index (Phi) is 7.45. The van der Waals surface area contributed by atoms with Crippen molar-refractivity contribution in [3.05, 3.63) is 57.3 Å². The van der Waals surface area contributed by atoms with Crippen LogP contribution in [0.3, 0.4) is 0 Å². The molecule has 0 aliphatic carbocycles. The number of methoxy groups -OCH3 is 1. The summed E-state index contributed by atoms with van der Waals surface area (Å²) in [5.74, 6) is -0.137. The van der Waals surface area contributed by atoms with E-state index >= 15 is 0 Å². The van der Waals surface area contributed by atoms with Gasteiger partial charge in [-0.1, -0.05) is 43.2 Å². The quantitative estimate of drug-likeness (QED) is 0.660. The molecular formula is C23H30N2O3S. The van der Waals surface area contributed by atoms with Crippen molar-refractivity contribution in [3.63, 3.8) is 0 Å². The zero-order chi connectivity index (χ0) is 20.8. The van der Waals surface area contributed by atoms with Gasteiger partial charge in [0.05, 0.1) is 12.6 Å². The van der Waals surface area contributed by atoms with Gasteiger partial charge in [-0.25, -0.2) is 0 Å². The summed E-state index contributed by atoms with van der Waals surface area (Å²) in [5.41, 5.74) is 3.53. The second-order valence-corrected chi connectivity index (χ2v) is 8.55. The molecule has 29 heavy (non-hydrogen) atoms. The molecule has 0 spiro atoms. The van der Waals surface area contributed by atoms with Gasteiger partial charge in [0.25, 0.3) is 0 Å². The number of amides is 2. The minimum Gasteiger partial charge on any atom is -0.375 e. The highest BCUT2D eigenvalue weighted by Crippen LogP contribution is 2.37. The Bertz CT molecular complexity index is 831. The summed E-state index contributed by atoms with van der Waals surface area (Å²) in [5, 5.41) is 2.11. The molecule has 0 saturated heterocycles. The Morgan fingerprint density at radius 2 is 2.00 bits per heavy atom.